The highest BCUT2D eigenvalue weighted by Gasteiger charge is 2.26. The maximum atomic E-state index is 12.9. The molecule has 0 spiro atoms. The molecule has 182 valence electrons. The Morgan fingerprint density at radius 3 is 2.17 bits per heavy atom. The summed E-state index contributed by atoms with van der Waals surface area (Å²) < 4.78 is 0. The number of nitrogens with zero attached hydrogens (tertiary/aromatic N) is 2. The Labute approximate surface area is 218 Å². The molecule has 1 heterocycles. The second kappa shape index (κ2) is 10.8. The van der Waals surface area contributed by atoms with Crippen LogP contribution in [0.25, 0.3) is 21.5 Å². The number of carbonyl (C=O) groups is 1. The van der Waals surface area contributed by atoms with Gasteiger partial charge in [-0.15, -0.1) is 12.4 Å². The van der Waals surface area contributed by atoms with E-state index in [1.54, 1.807) is 0 Å². The zero-order valence-electron chi connectivity index (χ0n) is 20.0. The fraction of sp³-hybridized carbons (Fsp3) is 0.276. The lowest BCUT2D eigenvalue weighted by atomic mass is 9.92. The first-order valence-corrected chi connectivity index (χ1v) is 12.5. The minimum atomic E-state index is -0.343. The van der Waals surface area contributed by atoms with Gasteiger partial charge in [0, 0.05) is 31.6 Å². The van der Waals surface area contributed by atoms with Crippen LogP contribution >= 0.6 is 24.0 Å². The highest BCUT2D eigenvalue weighted by atomic mass is 35.5. The first kappa shape index (κ1) is 25.2. The van der Waals surface area contributed by atoms with Crippen LogP contribution < -0.4 is 15.5 Å². The van der Waals surface area contributed by atoms with Gasteiger partial charge in [-0.25, -0.2) is 0 Å². The SMILES string of the molecule is CCCCc1cc2cc3ccccc3cc2c(N2CCN(c3ccccc3Cl)CC2)c1C(N)=O.Cl. The van der Waals surface area contributed by atoms with Gasteiger partial charge in [-0.3, -0.25) is 4.79 Å². The zero-order valence-corrected chi connectivity index (χ0v) is 21.5. The van der Waals surface area contributed by atoms with E-state index in [-0.39, 0.29) is 18.3 Å². The average Bonchev–Trinajstić information content (AvgIpc) is 2.85. The largest absolute Gasteiger partial charge is 0.367 e. The molecule has 2 N–H and O–H groups in total. The van der Waals surface area contributed by atoms with Gasteiger partial charge in [0.15, 0.2) is 0 Å². The highest BCUT2D eigenvalue weighted by molar-refractivity contribution is 6.33. The van der Waals surface area contributed by atoms with Crippen molar-refractivity contribution in [3.8, 4) is 0 Å². The third-order valence-electron chi connectivity index (χ3n) is 6.90. The second-order valence-corrected chi connectivity index (χ2v) is 9.48. The summed E-state index contributed by atoms with van der Waals surface area (Å²) in [5.74, 6) is -0.343. The van der Waals surface area contributed by atoms with E-state index >= 15 is 0 Å². The Hall–Kier alpha value is -2.95. The van der Waals surface area contributed by atoms with Crippen molar-refractivity contribution in [1.29, 1.82) is 0 Å². The number of rotatable bonds is 6. The van der Waals surface area contributed by atoms with Gasteiger partial charge in [-0.05, 0) is 58.8 Å². The van der Waals surface area contributed by atoms with Crippen molar-refractivity contribution in [3.05, 3.63) is 82.9 Å². The zero-order chi connectivity index (χ0) is 23.7. The van der Waals surface area contributed by atoms with E-state index in [1.807, 2.05) is 18.2 Å². The first-order chi connectivity index (χ1) is 16.6. The fourth-order valence-electron chi connectivity index (χ4n) is 5.18. The molecule has 1 fully saturated rings. The number of amides is 1. The van der Waals surface area contributed by atoms with Crippen molar-refractivity contribution in [2.45, 2.75) is 26.2 Å². The van der Waals surface area contributed by atoms with Crippen molar-refractivity contribution in [2.75, 3.05) is 36.0 Å². The molecule has 4 aromatic carbocycles. The maximum absolute atomic E-state index is 12.9. The minimum Gasteiger partial charge on any atom is -0.367 e. The van der Waals surface area contributed by atoms with Crippen molar-refractivity contribution in [3.63, 3.8) is 0 Å². The van der Waals surface area contributed by atoms with Crippen LogP contribution in [0.2, 0.25) is 5.02 Å². The van der Waals surface area contributed by atoms with Crippen molar-refractivity contribution in [2.24, 2.45) is 5.73 Å². The number of para-hydroxylation sites is 1. The fourth-order valence-corrected chi connectivity index (χ4v) is 5.43. The monoisotopic (exact) mass is 507 g/mol. The van der Waals surface area contributed by atoms with Crippen LogP contribution in [-0.2, 0) is 6.42 Å². The molecule has 0 aliphatic carbocycles. The van der Waals surface area contributed by atoms with Crippen LogP contribution in [0, 0.1) is 0 Å². The first-order valence-electron chi connectivity index (χ1n) is 12.1. The summed E-state index contributed by atoms with van der Waals surface area (Å²) in [6.45, 7) is 5.43. The lowest BCUT2D eigenvalue weighted by molar-refractivity contribution is 0.1000. The Balaban J connectivity index is 0.00000289. The molecular weight excluding hydrogens is 477 g/mol. The summed E-state index contributed by atoms with van der Waals surface area (Å²) in [4.78, 5) is 17.5. The number of hydrogen-bond donors (Lipinski definition) is 1. The van der Waals surface area contributed by atoms with Crippen LogP contribution in [-0.4, -0.2) is 32.1 Å². The summed E-state index contributed by atoms with van der Waals surface area (Å²) in [5, 5.41) is 5.41. The van der Waals surface area contributed by atoms with E-state index in [0.29, 0.717) is 5.56 Å². The van der Waals surface area contributed by atoms with Gasteiger partial charge in [0.25, 0.3) is 5.91 Å². The van der Waals surface area contributed by atoms with Crippen molar-refractivity contribution in [1.82, 2.24) is 0 Å². The number of nitrogens with two attached hydrogens (primary N) is 1. The summed E-state index contributed by atoms with van der Waals surface area (Å²) in [7, 11) is 0. The van der Waals surface area contributed by atoms with Gasteiger partial charge in [-0.1, -0.05) is 67.4 Å². The quantitative estimate of drug-likeness (QED) is 0.290. The third kappa shape index (κ3) is 4.91. The van der Waals surface area contributed by atoms with Gasteiger partial charge in [0.05, 0.1) is 22.0 Å². The number of unbranched alkanes of at least 4 members (excludes halogenated alkanes) is 1. The van der Waals surface area contributed by atoms with E-state index in [1.165, 1.54) is 16.2 Å². The molecule has 4 nitrogen and oxygen atoms in total. The molecule has 0 unspecified atom stereocenters. The molecule has 1 aliphatic rings. The number of carbonyl (C=O) groups excluding carboxylic acids is 1. The Morgan fingerprint density at radius 1 is 0.886 bits per heavy atom. The number of hydrogen-bond acceptors (Lipinski definition) is 3. The van der Waals surface area contributed by atoms with Crippen molar-refractivity contribution >= 4 is 62.8 Å². The maximum Gasteiger partial charge on any atom is 0.251 e. The highest BCUT2D eigenvalue weighted by Crippen LogP contribution is 2.38. The summed E-state index contributed by atoms with van der Waals surface area (Å²) >= 11 is 6.46. The van der Waals surface area contributed by atoms with E-state index in [0.717, 1.165) is 72.8 Å². The summed E-state index contributed by atoms with van der Waals surface area (Å²) in [5.41, 5.74) is 9.83. The number of fused-ring (bicyclic) bond motifs is 2. The van der Waals surface area contributed by atoms with E-state index < -0.39 is 0 Å². The predicted octanol–water partition coefficient (Wildman–Crippen LogP) is 6.84. The molecular formula is C29H31Cl2N3O. The van der Waals surface area contributed by atoms with Crippen molar-refractivity contribution < 1.29 is 4.79 Å². The normalized spacial score (nSPS) is 13.8. The van der Waals surface area contributed by atoms with Gasteiger partial charge < -0.3 is 15.5 Å². The summed E-state index contributed by atoms with van der Waals surface area (Å²) in [6, 6.07) is 23.0. The third-order valence-corrected chi connectivity index (χ3v) is 7.22. The van der Waals surface area contributed by atoms with E-state index in [2.05, 4.69) is 65.3 Å². The Kier molecular flexibility index (Phi) is 7.73. The van der Waals surface area contributed by atoms with Crippen LogP contribution in [0.5, 0.6) is 0 Å². The number of anilines is 2. The molecule has 6 heteroatoms. The minimum absolute atomic E-state index is 0. The van der Waals surface area contributed by atoms with Gasteiger partial charge in [-0.2, -0.15) is 0 Å². The lowest BCUT2D eigenvalue weighted by Crippen LogP contribution is -2.47. The van der Waals surface area contributed by atoms with Gasteiger partial charge in [0.2, 0.25) is 0 Å². The smallest absolute Gasteiger partial charge is 0.251 e. The molecule has 1 saturated heterocycles. The molecule has 0 bridgehead atoms. The Morgan fingerprint density at radius 2 is 1.51 bits per heavy atom. The molecule has 0 radical (unpaired) electrons. The van der Waals surface area contributed by atoms with E-state index in [4.69, 9.17) is 17.3 Å². The standard InChI is InChI=1S/C29H30ClN3O.ClH/c1-2-3-8-22-18-23-17-20-9-4-5-10-21(20)19-24(23)28(27(22)29(31)34)33-15-13-32(14-16-33)26-12-7-6-11-25(26)30;/h4-7,9-12,17-19H,2-3,8,13-16H2,1H3,(H2,31,34);1H. The molecule has 1 amide bonds. The number of piperazine rings is 1. The predicted molar refractivity (Wildman–Crippen MR) is 152 cm³/mol. The number of benzene rings is 4. The van der Waals surface area contributed by atoms with Gasteiger partial charge >= 0.3 is 0 Å². The summed E-state index contributed by atoms with van der Waals surface area (Å²) in [6.07, 6.45) is 2.95. The average molecular weight is 508 g/mol. The molecule has 1 aliphatic heterocycles. The molecule has 5 rings (SSSR count). The number of halogens is 2. The molecule has 4 aromatic rings. The topological polar surface area (TPSA) is 49.6 Å². The molecule has 35 heavy (non-hydrogen) atoms. The van der Waals surface area contributed by atoms with Crippen LogP contribution in [0.4, 0.5) is 11.4 Å². The van der Waals surface area contributed by atoms with Gasteiger partial charge in [0.1, 0.15) is 0 Å². The lowest BCUT2D eigenvalue weighted by Gasteiger charge is -2.39. The molecule has 0 aromatic heterocycles. The van der Waals surface area contributed by atoms with Crippen LogP contribution in [0.3, 0.4) is 0 Å². The van der Waals surface area contributed by atoms with Crippen LogP contribution in [0.1, 0.15) is 35.7 Å². The number of primary amides is 1. The van der Waals surface area contributed by atoms with Crippen LogP contribution in [0.15, 0.2) is 66.7 Å². The van der Waals surface area contributed by atoms with E-state index in [9.17, 15) is 4.79 Å². The molecule has 0 atom stereocenters. The number of aryl methyl sites for hydroxylation is 1. The second-order valence-electron chi connectivity index (χ2n) is 9.07. The Bertz CT molecular complexity index is 1360. The molecule has 0 saturated carbocycles.